The Morgan fingerprint density at radius 1 is 1.32 bits per heavy atom. The van der Waals surface area contributed by atoms with Crippen molar-refractivity contribution < 1.29 is 4.79 Å². The highest BCUT2D eigenvalue weighted by Gasteiger charge is 2.07. The summed E-state index contributed by atoms with van der Waals surface area (Å²) in [6.45, 7) is 2.31. The molecule has 0 saturated heterocycles. The number of halogens is 1. The molecule has 0 aliphatic carbocycles. The quantitative estimate of drug-likeness (QED) is 0.902. The van der Waals surface area contributed by atoms with Crippen LogP contribution in [0.15, 0.2) is 42.7 Å². The Kier molecular flexibility index (Phi) is 4.36. The molecule has 0 aliphatic rings. The largest absolute Gasteiger partial charge is 0.334 e. The molecular weight excluding hydrogens is 262 g/mol. The molecule has 1 aromatic carbocycles. The molecule has 0 atom stereocenters. The van der Waals surface area contributed by atoms with Crippen molar-refractivity contribution in [2.75, 3.05) is 5.32 Å². The molecule has 0 spiro atoms. The van der Waals surface area contributed by atoms with Crippen LogP contribution in [0.1, 0.15) is 11.1 Å². The van der Waals surface area contributed by atoms with Gasteiger partial charge in [0, 0.05) is 18.9 Å². The highest BCUT2D eigenvalue weighted by atomic mass is 35.5. The SMILES string of the molecule is Cc1cccc(Cl)c1NC(=O)NCc1cccnc1. The summed E-state index contributed by atoms with van der Waals surface area (Å²) in [7, 11) is 0. The second-order valence-electron chi connectivity index (χ2n) is 4.10. The van der Waals surface area contributed by atoms with Crippen molar-refractivity contribution >= 4 is 23.3 Å². The second kappa shape index (κ2) is 6.20. The van der Waals surface area contributed by atoms with Crippen LogP contribution < -0.4 is 10.6 Å². The maximum atomic E-state index is 11.8. The molecule has 0 unspecified atom stereocenters. The Bertz CT molecular complexity index is 552. The lowest BCUT2D eigenvalue weighted by molar-refractivity contribution is 0.251. The Morgan fingerprint density at radius 2 is 2.16 bits per heavy atom. The fourth-order valence-electron chi connectivity index (χ4n) is 1.63. The number of carbonyl (C=O) groups is 1. The molecule has 0 fully saturated rings. The molecular formula is C14H14ClN3O. The highest BCUT2D eigenvalue weighted by molar-refractivity contribution is 6.33. The average molecular weight is 276 g/mol. The first-order valence-corrected chi connectivity index (χ1v) is 6.23. The van der Waals surface area contributed by atoms with E-state index in [9.17, 15) is 4.79 Å². The van der Waals surface area contributed by atoms with Crippen molar-refractivity contribution in [1.29, 1.82) is 0 Å². The smallest absolute Gasteiger partial charge is 0.319 e. The molecule has 19 heavy (non-hydrogen) atoms. The van der Waals surface area contributed by atoms with Crippen LogP contribution in [0.4, 0.5) is 10.5 Å². The van der Waals surface area contributed by atoms with Gasteiger partial charge in [-0.15, -0.1) is 0 Å². The minimum atomic E-state index is -0.292. The number of hydrogen-bond donors (Lipinski definition) is 2. The summed E-state index contributed by atoms with van der Waals surface area (Å²) in [4.78, 5) is 15.8. The van der Waals surface area contributed by atoms with Crippen LogP contribution in [0, 0.1) is 6.92 Å². The zero-order valence-corrected chi connectivity index (χ0v) is 11.2. The summed E-state index contributed by atoms with van der Waals surface area (Å²) < 4.78 is 0. The summed E-state index contributed by atoms with van der Waals surface area (Å²) in [6.07, 6.45) is 3.40. The number of aromatic nitrogens is 1. The van der Waals surface area contributed by atoms with E-state index in [1.165, 1.54) is 0 Å². The van der Waals surface area contributed by atoms with E-state index in [1.54, 1.807) is 18.5 Å². The van der Waals surface area contributed by atoms with E-state index >= 15 is 0 Å². The number of hydrogen-bond acceptors (Lipinski definition) is 2. The topological polar surface area (TPSA) is 54.0 Å². The van der Waals surface area contributed by atoms with Crippen LogP contribution in [-0.4, -0.2) is 11.0 Å². The number of rotatable bonds is 3. The van der Waals surface area contributed by atoms with E-state index in [0.717, 1.165) is 11.1 Å². The lowest BCUT2D eigenvalue weighted by Crippen LogP contribution is -2.28. The van der Waals surface area contributed by atoms with Crippen molar-refractivity contribution in [1.82, 2.24) is 10.3 Å². The zero-order chi connectivity index (χ0) is 13.7. The Balaban J connectivity index is 1.95. The number of benzene rings is 1. The van der Waals surface area contributed by atoms with Gasteiger partial charge in [-0.1, -0.05) is 29.8 Å². The maximum absolute atomic E-state index is 11.8. The van der Waals surface area contributed by atoms with Gasteiger partial charge in [0.25, 0.3) is 0 Å². The molecule has 5 heteroatoms. The van der Waals surface area contributed by atoms with Crippen molar-refractivity contribution in [3.8, 4) is 0 Å². The van der Waals surface area contributed by atoms with E-state index in [0.29, 0.717) is 17.3 Å². The molecule has 2 rings (SSSR count). The van der Waals surface area contributed by atoms with Gasteiger partial charge in [-0.2, -0.15) is 0 Å². The van der Waals surface area contributed by atoms with E-state index in [1.807, 2.05) is 31.2 Å². The van der Waals surface area contributed by atoms with Gasteiger partial charge in [0.15, 0.2) is 0 Å². The molecule has 2 amide bonds. The molecule has 1 heterocycles. The standard InChI is InChI=1S/C14H14ClN3O/c1-10-4-2-6-12(15)13(10)18-14(19)17-9-11-5-3-7-16-8-11/h2-8H,9H2,1H3,(H2,17,18,19). The van der Waals surface area contributed by atoms with Crippen LogP contribution in [0.25, 0.3) is 0 Å². The number of aryl methyl sites for hydroxylation is 1. The summed E-state index contributed by atoms with van der Waals surface area (Å²) in [5, 5.41) is 6.02. The number of para-hydroxylation sites is 1. The van der Waals surface area contributed by atoms with Crippen molar-refractivity contribution in [3.05, 3.63) is 58.9 Å². The predicted octanol–water partition coefficient (Wildman–Crippen LogP) is 3.37. The van der Waals surface area contributed by atoms with Crippen LogP contribution in [-0.2, 0) is 6.54 Å². The predicted molar refractivity (Wildman–Crippen MR) is 76.3 cm³/mol. The van der Waals surface area contributed by atoms with Crippen molar-refractivity contribution in [2.24, 2.45) is 0 Å². The van der Waals surface area contributed by atoms with Crippen LogP contribution in [0.3, 0.4) is 0 Å². The Hall–Kier alpha value is -2.07. The normalized spacial score (nSPS) is 10.0. The molecule has 4 nitrogen and oxygen atoms in total. The molecule has 0 saturated carbocycles. The van der Waals surface area contributed by atoms with Crippen LogP contribution >= 0.6 is 11.6 Å². The Labute approximate surface area is 116 Å². The van der Waals surface area contributed by atoms with Gasteiger partial charge in [-0.25, -0.2) is 4.79 Å². The fraction of sp³-hybridized carbons (Fsp3) is 0.143. The number of carbonyl (C=O) groups excluding carboxylic acids is 1. The third-order valence-corrected chi connectivity index (χ3v) is 2.95. The van der Waals surface area contributed by atoms with E-state index in [2.05, 4.69) is 15.6 Å². The van der Waals surface area contributed by atoms with E-state index in [-0.39, 0.29) is 6.03 Å². The lowest BCUT2D eigenvalue weighted by Gasteiger charge is -2.11. The van der Waals surface area contributed by atoms with E-state index in [4.69, 9.17) is 11.6 Å². The molecule has 0 aliphatic heterocycles. The van der Waals surface area contributed by atoms with Crippen LogP contribution in [0.2, 0.25) is 5.02 Å². The lowest BCUT2D eigenvalue weighted by atomic mass is 10.2. The maximum Gasteiger partial charge on any atom is 0.319 e. The van der Waals surface area contributed by atoms with Gasteiger partial charge in [-0.05, 0) is 30.2 Å². The first kappa shape index (κ1) is 13.4. The zero-order valence-electron chi connectivity index (χ0n) is 10.5. The minimum absolute atomic E-state index is 0.292. The minimum Gasteiger partial charge on any atom is -0.334 e. The van der Waals surface area contributed by atoms with Gasteiger partial charge >= 0.3 is 6.03 Å². The van der Waals surface area contributed by atoms with E-state index < -0.39 is 0 Å². The van der Waals surface area contributed by atoms with Gasteiger partial charge in [0.1, 0.15) is 0 Å². The number of pyridine rings is 1. The van der Waals surface area contributed by atoms with Crippen molar-refractivity contribution in [2.45, 2.75) is 13.5 Å². The van der Waals surface area contributed by atoms with Crippen LogP contribution in [0.5, 0.6) is 0 Å². The first-order valence-electron chi connectivity index (χ1n) is 5.85. The fourth-order valence-corrected chi connectivity index (χ4v) is 1.90. The number of nitrogens with zero attached hydrogens (tertiary/aromatic N) is 1. The third-order valence-electron chi connectivity index (χ3n) is 2.64. The second-order valence-corrected chi connectivity index (χ2v) is 4.51. The molecule has 2 aromatic rings. The number of amides is 2. The first-order chi connectivity index (χ1) is 9.16. The van der Waals surface area contributed by atoms with Gasteiger partial charge in [-0.3, -0.25) is 4.98 Å². The highest BCUT2D eigenvalue weighted by Crippen LogP contribution is 2.24. The summed E-state index contributed by atoms with van der Waals surface area (Å²) in [5.74, 6) is 0. The van der Waals surface area contributed by atoms with Gasteiger partial charge in [0.05, 0.1) is 10.7 Å². The Morgan fingerprint density at radius 3 is 2.84 bits per heavy atom. The molecule has 1 aromatic heterocycles. The number of nitrogens with one attached hydrogen (secondary N) is 2. The molecule has 98 valence electrons. The molecule has 0 bridgehead atoms. The van der Waals surface area contributed by atoms with Gasteiger partial charge in [0.2, 0.25) is 0 Å². The van der Waals surface area contributed by atoms with Crippen molar-refractivity contribution in [3.63, 3.8) is 0 Å². The monoisotopic (exact) mass is 275 g/mol. The summed E-state index contributed by atoms with van der Waals surface area (Å²) in [6, 6.07) is 8.91. The van der Waals surface area contributed by atoms with Gasteiger partial charge < -0.3 is 10.6 Å². The number of anilines is 1. The average Bonchev–Trinajstić information content (AvgIpc) is 2.42. The summed E-state index contributed by atoms with van der Waals surface area (Å²) >= 11 is 6.04. The number of urea groups is 1. The summed E-state index contributed by atoms with van der Waals surface area (Å²) in [5.41, 5.74) is 2.49. The third kappa shape index (κ3) is 3.69. The molecule has 2 N–H and O–H groups in total. The molecule has 0 radical (unpaired) electrons.